The smallest absolute Gasteiger partial charge is 0.231 e. The van der Waals surface area contributed by atoms with E-state index < -0.39 is 11.6 Å². The highest BCUT2D eigenvalue weighted by Gasteiger charge is 2.13. The summed E-state index contributed by atoms with van der Waals surface area (Å²) in [4.78, 5) is 4.16. The van der Waals surface area contributed by atoms with Gasteiger partial charge in [-0.05, 0) is 20.0 Å². The molecule has 0 bridgehead atoms. The summed E-state index contributed by atoms with van der Waals surface area (Å²) in [7, 11) is 1.84. The first kappa shape index (κ1) is 16.5. The highest BCUT2D eigenvalue weighted by atomic mass is 35.5. The standard InChI is InChI=1S/C13H15F2N3O.ClH/c1-8(16-2)6-11-17-12(19-18-11)7-9-4-3-5-10(14)13(9)15;/h3-5,8,16H,6-7H2,1-2H3;1H. The van der Waals surface area contributed by atoms with E-state index in [0.29, 0.717) is 12.2 Å². The van der Waals surface area contributed by atoms with Crippen LogP contribution in [0.15, 0.2) is 22.7 Å². The average Bonchev–Trinajstić information content (AvgIpc) is 2.82. The molecule has 2 rings (SSSR count). The Labute approximate surface area is 122 Å². The quantitative estimate of drug-likeness (QED) is 0.922. The van der Waals surface area contributed by atoms with E-state index >= 15 is 0 Å². The summed E-state index contributed by atoms with van der Waals surface area (Å²) in [5.41, 5.74) is 0.205. The molecule has 0 spiro atoms. The molecule has 1 N–H and O–H groups in total. The molecule has 20 heavy (non-hydrogen) atoms. The zero-order chi connectivity index (χ0) is 13.8. The maximum atomic E-state index is 13.5. The van der Waals surface area contributed by atoms with Crippen LogP contribution in [0.5, 0.6) is 0 Å². The molecule has 1 atom stereocenters. The molecule has 1 unspecified atom stereocenters. The van der Waals surface area contributed by atoms with Crippen molar-refractivity contribution in [1.82, 2.24) is 15.5 Å². The molecule has 0 radical (unpaired) electrons. The van der Waals surface area contributed by atoms with Crippen molar-refractivity contribution >= 4 is 12.4 Å². The zero-order valence-electron chi connectivity index (χ0n) is 11.2. The van der Waals surface area contributed by atoms with Gasteiger partial charge in [0.2, 0.25) is 5.89 Å². The predicted octanol–water partition coefficient (Wildman–Crippen LogP) is 2.51. The second-order valence-electron chi connectivity index (χ2n) is 4.39. The van der Waals surface area contributed by atoms with Crippen molar-refractivity contribution in [3.05, 3.63) is 47.1 Å². The van der Waals surface area contributed by atoms with Gasteiger partial charge >= 0.3 is 0 Å². The lowest BCUT2D eigenvalue weighted by atomic mass is 10.1. The molecule has 7 heteroatoms. The zero-order valence-corrected chi connectivity index (χ0v) is 12.0. The average molecular weight is 304 g/mol. The molecule has 0 fully saturated rings. The maximum absolute atomic E-state index is 13.5. The minimum Gasteiger partial charge on any atom is -0.339 e. The van der Waals surface area contributed by atoms with Crippen LogP contribution in [-0.2, 0) is 12.8 Å². The van der Waals surface area contributed by atoms with E-state index in [1.807, 2.05) is 14.0 Å². The fraction of sp³-hybridized carbons (Fsp3) is 0.385. The van der Waals surface area contributed by atoms with Gasteiger partial charge < -0.3 is 9.84 Å². The Hall–Kier alpha value is -1.53. The lowest BCUT2D eigenvalue weighted by Gasteiger charge is -2.04. The molecule has 2 aromatic rings. The maximum Gasteiger partial charge on any atom is 0.231 e. The van der Waals surface area contributed by atoms with E-state index in [9.17, 15) is 8.78 Å². The number of benzene rings is 1. The van der Waals surface area contributed by atoms with Crippen molar-refractivity contribution in [3.63, 3.8) is 0 Å². The normalized spacial score (nSPS) is 12.0. The van der Waals surface area contributed by atoms with Gasteiger partial charge in [0.25, 0.3) is 0 Å². The Kier molecular flexibility index (Phi) is 6.04. The number of nitrogens with one attached hydrogen (secondary N) is 1. The third-order valence-electron chi connectivity index (χ3n) is 2.86. The van der Waals surface area contributed by atoms with Gasteiger partial charge in [0, 0.05) is 18.0 Å². The Bertz CT molecular complexity index is 562. The first-order valence-corrected chi connectivity index (χ1v) is 6.01. The minimum atomic E-state index is -0.874. The van der Waals surface area contributed by atoms with Crippen molar-refractivity contribution in [2.24, 2.45) is 0 Å². The summed E-state index contributed by atoms with van der Waals surface area (Å²) in [6.45, 7) is 1.99. The van der Waals surface area contributed by atoms with Crippen LogP contribution >= 0.6 is 12.4 Å². The van der Waals surface area contributed by atoms with E-state index in [-0.39, 0.29) is 36.3 Å². The van der Waals surface area contributed by atoms with Crippen LogP contribution in [0.2, 0.25) is 0 Å². The van der Waals surface area contributed by atoms with Crippen LogP contribution in [-0.4, -0.2) is 23.2 Å². The van der Waals surface area contributed by atoms with Gasteiger partial charge in [-0.1, -0.05) is 17.3 Å². The van der Waals surface area contributed by atoms with Gasteiger partial charge in [-0.2, -0.15) is 4.98 Å². The molecule has 0 amide bonds. The Morgan fingerprint density at radius 2 is 2.10 bits per heavy atom. The fourth-order valence-corrected chi connectivity index (χ4v) is 1.67. The molecule has 0 aliphatic rings. The molecule has 1 heterocycles. The van der Waals surface area contributed by atoms with Crippen molar-refractivity contribution in [3.8, 4) is 0 Å². The van der Waals surface area contributed by atoms with Crippen LogP contribution in [0.3, 0.4) is 0 Å². The molecule has 1 aromatic carbocycles. The van der Waals surface area contributed by atoms with Gasteiger partial charge in [-0.3, -0.25) is 0 Å². The highest BCUT2D eigenvalue weighted by molar-refractivity contribution is 5.85. The van der Waals surface area contributed by atoms with Crippen molar-refractivity contribution in [2.75, 3.05) is 7.05 Å². The largest absolute Gasteiger partial charge is 0.339 e. The highest BCUT2D eigenvalue weighted by Crippen LogP contribution is 2.15. The van der Waals surface area contributed by atoms with Gasteiger partial charge in [0.15, 0.2) is 17.5 Å². The van der Waals surface area contributed by atoms with Gasteiger partial charge in [0.1, 0.15) is 0 Å². The number of likely N-dealkylation sites (N-methyl/N-ethyl adjacent to an activating group) is 1. The third kappa shape index (κ3) is 3.98. The van der Waals surface area contributed by atoms with Crippen molar-refractivity contribution in [2.45, 2.75) is 25.8 Å². The van der Waals surface area contributed by atoms with Crippen LogP contribution < -0.4 is 5.32 Å². The van der Waals surface area contributed by atoms with E-state index in [4.69, 9.17) is 4.52 Å². The molecule has 0 aliphatic carbocycles. The van der Waals surface area contributed by atoms with Gasteiger partial charge in [-0.15, -0.1) is 12.4 Å². The number of halogens is 3. The second kappa shape index (κ2) is 7.31. The predicted molar refractivity (Wildman–Crippen MR) is 72.9 cm³/mol. The monoisotopic (exact) mass is 303 g/mol. The van der Waals surface area contributed by atoms with E-state index in [1.165, 1.54) is 12.1 Å². The molecule has 4 nitrogen and oxygen atoms in total. The third-order valence-corrected chi connectivity index (χ3v) is 2.86. The summed E-state index contributed by atoms with van der Waals surface area (Å²) < 4.78 is 31.6. The molecule has 1 aromatic heterocycles. The van der Waals surface area contributed by atoms with E-state index in [2.05, 4.69) is 15.5 Å². The number of rotatable bonds is 5. The van der Waals surface area contributed by atoms with Crippen LogP contribution in [0.1, 0.15) is 24.2 Å². The number of hydrogen-bond donors (Lipinski definition) is 1. The molecule has 0 saturated heterocycles. The van der Waals surface area contributed by atoms with Gasteiger partial charge in [0.05, 0.1) is 6.42 Å². The lowest BCUT2D eigenvalue weighted by molar-refractivity contribution is 0.375. The number of nitrogens with zero attached hydrogens (tertiary/aromatic N) is 2. The molecule has 0 aliphatic heterocycles. The second-order valence-corrected chi connectivity index (χ2v) is 4.39. The number of aromatic nitrogens is 2. The topological polar surface area (TPSA) is 51.0 Å². The van der Waals surface area contributed by atoms with E-state index in [1.54, 1.807) is 0 Å². The summed E-state index contributed by atoms with van der Waals surface area (Å²) >= 11 is 0. The minimum absolute atomic E-state index is 0. The first-order valence-electron chi connectivity index (χ1n) is 6.01. The molecular weight excluding hydrogens is 288 g/mol. The summed E-state index contributed by atoms with van der Waals surface area (Å²) in [6, 6.07) is 4.25. The Morgan fingerprint density at radius 1 is 1.35 bits per heavy atom. The lowest BCUT2D eigenvalue weighted by Crippen LogP contribution is -2.24. The first-order chi connectivity index (χ1) is 9.10. The summed E-state index contributed by atoms with van der Waals surface area (Å²) in [5, 5.41) is 6.87. The molecule has 0 saturated carbocycles. The SMILES string of the molecule is CNC(C)Cc1noc(Cc2cccc(F)c2F)n1.Cl. The summed E-state index contributed by atoms with van der Waals surface area (Å²) in [6.07, 6.45) is 0.705. The van der Waals surface area contributed by atoms with Gasteiger partial charge in [-0.25, -0.2) is 8.78 Å². The van der Waals surface area contributed by atoms with Crippen molar-refractivity contribution < 1.29 is 13.3 Å². The Morgan fingerprint density at radius 3 is 2.80 bits per heavy atom. The van der Waals surface area contributed by atoms with Crippen LogP contribution in [0.4, 0.5) is 8.78 Å². The molecule has 110 valence electrons. The van der Waals surface area contributed by atoms with Crippen LogP contribution in [0, 0.1) is 11.6 Å². The summed E-state index contributed by atoms with van der Waals surface area (Å²) in [5.74, 6) is -0.914. The number of hydrogen-bond acceptors (Lipinski definition) is 4. The fourth-order valence-electron chi connectivity index (χ4n) is 1.67. The molecular formula is C13H16ClF2N3O. The van der Waals surface area contributed by atoms with Crippen LogP contribution in [0.25, 0.3) is 0 Å². The van der Waals surface area contributed by atoms with Crippen molar-refractivity contribution in [1.29, 1.82) is 0 Å². The van der Waals surface area contributed by atoms with E-state index in [0.717, 1.165) is 6.07 Å². The Balaban J connectivity index is 0.00000200.